The van der Waals surface area contributed by atoms with Crippen molar-refractivity contribution in [1.29, 1.82) is 0 Å². The van der Waals surface area contributed by atoms with E-state index in [1.165, 1.54) is 19.1 Å². The van der Waals surface area contributed by atoms with Crippen LogP contribution in [-0.4, -0.2) is 23.3 Å². The first kappa shape index (κ1) is 24.6. The Morgan fingerprint density at radius 2 is 1.77 bits per heavy atom. The third-order valence-corrected chi connectivity index (χ3v) is 6.21. The number of amides is 1. The number of alkyl halides is 3. The van der Waals surface area contributed by atoms with Gasteiger partial charge in [-0.25, -0.2) is 0 Å². The second-order valence-electron chi connectivity index (χ2n) is 8.90. The maximum atomic E-state index is 13.6. The van der Waals surface area contributed by atoms with E-state index >= 15 is 0 Å². The fourth-order valence-electron chi connectivity index (χ4n) is 4.80. The fourth-order valence-corrected chi connectivity index (χ4v) is 4.80. The van der Waals surface area contributed by atoms with Crippen molar-refractivity contribution in [2.75, 3.05) is 15.5 Å². The topological polar surface area (TPSA) is 64.6 Å². The van der Waals surface area contributed by atoms with Crippen molar-refractivity contribution in [2.45, 2.75) is 51.7 Å². The van der Waals surface area contributed by atoms with Gasteiger partial charge in [-0.1, -0.05) is 30.3 Å². The first-order valence-corrected chi connectivity index (χ1v) is 11.5. The van der Waals surface area contributed by atoms with Crippen molar-refractivity contribution in [3.63, 3.8) is 0 Å². The molecule has 0 saturated heterocycles. The Balaban J connectivity index is 1.78. The third kappa shape index (κ3) is 5.27. The molecular weight excluding hydrogens is 455 g/mol. The summed E-state index contributed by atoms with van der Waals surface area (Å²) >= 11 is 0. The van der Waals surface area contributed by atoms with Crippen LogP contribution in [0.15, 0.2) is 66.7 Å². The van der Waals surface area contributed by atoms with Crippen LogP contribution in [0.3, 0.4) is 0 Å². The maximum Gasteiger partial charge on any atom is 0.418 e. The number of aliphatic hydroxyl groups is 1. The molecule has 3 N–H and O–H groups in total. The number of hydrogen-bond acceptors (Lipinski definition) is 4. The number of rotatable bonds is 5. The highest BCUT2D eigenvalue weighted by molar-refractivity contribution is 5.89. The zero-order chi connectivity index (χ0) is 25.3. The highest BCUT2D eigenvalue weighted by Crippen LogP contribution is 2.43. The number of carbonyl (C=O) groups excluding carboxylic acids is 1. The first-order chi connectivity index (χ1) is 16.5. The van der Waals surface area contributed by atoms with E-state index in [4.69, 9.17) is 0 Å². The second kappa shape index (κ2) is 9.62. The van der Waals surface area contributed by atoms with Crippen LogP contribution in [0.25, 0.3) is 11.1 Å². The molecule has 4 rings (SSSR count). The van der Waals surface area contributed by atoms with E-state index in [0.29, 0.717) is 12.1 Å². The number of carbonyl (C=O) groups is 1. The molecule has 0 radical (unpaired) electrons. The minimum atomic E-state index is -4.48. The molecule has 5 nitrogen and oxygen atoms in total. The molecule has 3 aromatic rings. The highest BCUT2D eigenvalue weighted by Gasteiger charge is 2.36. The number of halogens is 3. The third-order valence-electron chi connectivity index (χ3n) is 6.21. The zero-order valence-corrected chi connectivity index (χ0v) is 19.7. The molecule has 1 aliphatic rings. The number of nitrogens with zero attached hydrogens (tertiary/aromatic N) is 1. The van der Waals surface area contributed by atoms with Gasteiger partial charge in [0, 0.05) is 30.0 Å². The maximum absolute atomic E-state index is 13.6. The molecule has 3 atom stereocenters. The van der Waals surface area contributed by atoms with Crippen molar-refractivity contribution in [3.8, 4) is 11.1 Å². The normalized spacial score (nSPS) is 18.5. The Bertz CT molecular complexity index is 1230. The standard InChI is InChI=1S/C27H28F3N3O2/c1-16-13-25(32-24-10-5-4-9-23(24)27(28,29)30)22-15-20(11-12-26(22)33(16)18(3)35)19-7-6-8-21(14-19)31-17(2)34/h4-12,14-16,18,25,32,35H,13H2,1-3H3,(H,31,34)/t16-,18?,25+/m0/s1. The lowest BCUT2D eigenvalue weighted by molar-refractivity contribution is -0.137. The number of fused-ring (bicyclic) bond motifs is 1. The minimum Gasteiger partial charge on any atom is -0.378 e. The summed E-state index contributed by atoms with van der Waals surface area (Å²) in [4.78, 5) is 13.3. The van der Waals surface area contributed by atoms with Gasteiger partial charge < -0.3 is 20.6 Å². The molecule has 0 spiro atoms. The van der Waals surface area contributed by atoms with E-state index < -0.39 is 24.0 Å². The van der Waals surface area contributed by atoms with E-state index in [1.807, 2.05) is 48.2 Å². The fraction of sp³-hybridized carbons (Fsp3) is 0.296. The van der Waals surface area contributed by atoms with Gasteiger partial charge >= 0.3 is 6.18 Å². The van der Waals surface area contributed by atoms with Gasteiger partial charge in [-0.2, -0.15) is 13.2 Å². The largest absolute Gasteiger partial charge is 0.418 e. The van der Waals surface area contributed by atoms with Crippen LogP contribution in [-0.2, 0) is 11.0 Å². The van der Waals surface area contributed by atoms with E-state index in [-0.39, 0.29) is 17.6 Å². The van der Waals surface area contributed by atoms with Crippen molar-refractivity contribution in [3.05, 3.63) is 77.9 Å². The number of benzene rings is 3. The van der Waals surface area contributed by atoms with E-state index in [2.05, 4.69) is 10.6 Å². The van der Waals surface area contributed by atoms with E-state index in [0.717, 1.165) is 28.4 Å². The van der Waals surface area contributed by atoms with Gasteiger partial charge in [0.1, 0.15) is 6.23 Å². The predicted molar refractivity (Wildman–Crippen MR) is 132 cm³/mol. The molecule has 0 aliphatic carbocycles. The molecule has 8 heteroatoms. The molecule has 1 aliphatic heterocycles. The number of hydrogen-bond donors (Lipinski definition) is 3. The summed E-state index contributed by atoms with van der Waals surface area (Å²) < 4.78 is 40.9. The lowest BCUT2D eigenvalue weighted by Crippen LogP contribution is -2.45. The molecule has 184 valence electrons. The van der Waals surface area contributed by atoms with E-state index in [1.54, 1.807) is 19.1 Å². The van der Waals surface area contributed by atoms with Gasteiger partial charge in [-0.15, -0.1) is 0 Å². The summed E-state index contributed by atoms with van der Waals surface area (Å²) in [5.41, 5.74) is 3.23. The summed E-state index contributed by atoms with van der Waals surface area (Å²) in [5.74, 6) is -0.179. The van der Waals surface area contributed by atoms with Crippen molar-refractivity contribution in [2.24, 2.45) is 0 Å². The Morgan fingerprint density at radius 1 is 1.06 bits per heavy atom. The lowest BCUT2D eigenvalue weighted by Gasteiger charge is -2.43. The second-order valence-corrected chi connectivity index (χ2v) is 8.90. The van der Waals surface area contributed by atoms with Crippen molar-refractivity contribution < 1.29 is 23.1 Å². The molecule has 0 aromatic heterocycles. The van der Waals surface area contributed by atoms with Crippen molar-refractivity contribution in [1.82, 2.24) is 0 Å². The van der Waals surface area contributed by atoms with Gasteiger partial charge in [0.2, 0.25) is 5.91 Å². The smallest absolute Gasteiger partial charge is 0.378 e. The molecule has 0 saturated carbocycles. The summed E-state index contributed by atoms with van der Waals surface area (Å²) in [6, 6.07) is 18.1. The molecule has 1 heterocycles. The molecule has 0 fully saturated rings. The van der Waals surface area contributed by atoms with Crippen LogP contribution in [0, 0.1) is 0 Å². The highest BCUT2D eigenvalue weighted by atomic mass is 19.4. The van der Waals surface area contributed by atoms with E-state index in [9.17, 15) is 23.1 Å². The van der Waals surface area contributed by atoms with Gasteiger partial charge in [0.15, 0.2) is 0 Å². The van der Waals surface area contributed by atoms with Crippen LogP contribution < -0.4 is 15.5 Å². The van der Waals surface area contributed by atoms with Gasteiger partial charge in [-0.05, 0) is 73.4 Å². The molecule has 35 heavy (non-hydrogen) atoms. The quantitative estimate of drug-likeness (QED) is 0.392. The monoisotopic (exact) mass is 483 g/mol. The Hall–Kier alpha value is -3.52. The number of nitrogens with one attached hydrogen (secondary N) is 2. The average molecular weight is 484 g/mol. The summed E-state index contributed by atoms with van der Waals surface area (Å²) in [6.07, 6.45) is -4.75. The summed E-state index contributed by atoms with van der Waals surface area (Å²) in [5, 5.41) is 16.3. The van der Waals surface area contributed by atoms with Gasteiger partial charge in [0.25, 0.3) is 0 Å². The Kier molecular flexibility index (Phi) is 6.76. The van der Waals surface area contributed by atoms with Crippen LogP contribution in [0.5, 0.6) is 0 Å². The average Bonchev–Trinajstić information content (AvgIpc) is 2.78. The van der Waals surface area contributed by atoms with Crippen LogP contribution in [0.2, 0.25) is 0 Å². The van der Waals surface area contributed by atoms with Gasteiger partial charge in [-0.3, -0.25) is 4.79 Å². The molecule has 0 bridgehead atoms. The summed E-state index contributed by atoms with van der Waals surface area (Å²) in [7, 11) is 0. The minimum absolute atomic E-state index is 0.0201. The molecule has 1 amide bonds. The van der Waals surface area contributed by atoms with Crippen molar-refractivity contribution >= 4 is 23.0 Å². The number of aliphatic hydroxyl groups excluding tert-OH is 1. The predicted octanol–water partition coefficient (Wildman–Crippen LogP) is 6.42. The van der Waals surface area contributed by atoms with Gasteiger partial charge in [0.05, 0.1) is 11.6 Å². The summed E-state index contributed by atoms with van der Waals surface area (Å²) in [6.45, 7) is 5.06. The zero-order valence-electron chi connectivity index (χ0n) is 19.7. The lowest BCUT2D eigenvalue weighted by atomic mass is 9.88. The molecule has 1 unspecified atom stereocenters. The Labute approximate surface area is 202 Å². The molecular formula is C27H28F3N3O2. The first-order valence-electron chi connectivity index (χ1n) is 11.5. The Morgan fingerprint density at radius 3 is 2.46 bits per heavy atom. The van der Waals surface area contributed by atoms with Crippen LogP contribution in [0.4, 0.5) is 30.2 Å². The van der Waals surface area contributed by atoms with Crippen LogP contribution >= 0.6 is 0 Å². The SMILES string of the molecule is CC(=O)Nc1cccc(-c2ccc3c(c2)[C@H](Nc2ccccc2C(F)(F)F)C[C@H](C)N3C(C)O)c1. The number of anilines is 3. The van der Waals surface area contributed by atoms with Crippen LogP contribution in [0.1, 0.15) is 44.4 Å². The number of para-hydroxylation sites is 1. The molecule has 3 aromatic carbocycles.